The minimum atomic E-state index is -0.800. The second-order valence-corrected chi connectivity index (χ2v) is 9.38. The van der Waals surface area contributed by atoms with Crippen molar-refractivity contribution >= 4 is 17.5 Å². The first-order valence-corrected chi connectivity index (χ1v) is 12.4. The van der Waals surface area contributed by atoms with Gasteiger partial charge >= 0.3 is 0 Å². The molecule has 0 radical (unpaired) electrons. The topological polar surface area (TPSA) is 84.7 Å². The summed E-state index contributed by atoms with van der Waals surface area (Å²) in [5.41, 5.74) is 8.63. The average molecular weight is 508 g/mol. The number of hydrogen-bond acceptors (Lipinski definition) is 4. The zero-order valence-corrected chi connectivity index (χ0v) is 20.8. The number of nitrogens with zero attached hydrogens (tertiary/aromatic N) is 1. The number of nitrogens with one attached hydrogen (secondary N) is 1. The van der Waals surface area contributed by atoms with Crippen molar-refractivity contribution in [1.82, 2.24) is 4.90 Å². The molecule has 2 unspecified atom stereocenters. The number of nitrogens with two attached hydrogens (primary N) is 1. The highest BCUT2D eigenvalue weighted by atomic mass is 19.1. The van der Waals surface area contributed by atoms with Crippen molar-refractivity contribution in [1.29, 1.82) is 0 Å². The highest BCUT2D eigenvalue weighted by Crippen LogP contribution is 2.26. The molecule has 1 aliphatic carbocycles. The molecule has 4 rings (SSSR count). The Hall–Kier alpha value is -3.78. The van der Waals surface area contributed by atoms with E-state index in [-0.39, 0.29) is 36.5 Å². The van der Waals surface area contributed by atoms with E-state index in [0.29, 0.717) is 5.69 Å². The zero-order chi connectivity index (χ0) is 26.4. The summed E-state index contributed by atoms with van der Waals surface area (Å²) in [6.07, 6.45) is 3.64. The minimum Gasteiger partial charge on any atom is -0.497 e. The lowest BCUT2D eigenvalue weighted by Gasteiger charge is -2.38. The van der Waals surface area contributed by atoms with Gasteiger partial charge in [-0.2, -0.15) is 0 Å². The molecule has 0 spiro atoms. The van der Waals surface area contributed by atoms with Crippen LogP contribution in [0.3, 0.4) is 0 Å². The van der Waals surface area contributed by atoms with E-state index in [1.165, 1.54) is 0 Å². The monoisotopic (exact) mass is 507 g/mol. The first kappa shape index (κ1) is 26.3. The van der Waals surface area contributed by atoms with Crippen molar-refractivity contribution in [2.45, 2.75) is 50.7 Å². The van der Waals surface area contributed by atoms with Gasteiger partial charge in [-0.1, -0.05) is 37.1 Å². The van der Waals surface area contributed by atoms with Crippen molar-refractivity contribution in [3.05, 3.63) is 95.1 Å². The van der Waals surface area contributed by atoms with Crippen LogP contribution in [0.15, 0.2) is 66.7 Å². The average Bonchev–Trinajstić information content (AvgIpc) is 2.88. The summed E-state index contributed by atoms with van der Waals surface area (Å²) in [5.74, 6) is -1.49. The lowest BCUT2D eigenvalue weighted by Crippen LogP contribution is -2.51. The van der Waals surface area contributed by atoms with Crippen LogP contribution in [0.4, 0.5) is 14.5 Å². The Kier molecular flexibility index (Phi) is 8.50. The first-order chi connectivity index (χ1) is 17.8. The normalized spacial score (nSPS) is 17.2. The zero-order valence-electron chi connectivity index (χ0n) is 20.8. The van der Waals surface area contributed by atoms with E-state index >= 15 is 0 Å². The maximum atomic E-state index is 13.8. The van der Waals surface area contributed by atoms with Crippen molar-refractivity contribution in [3.63, 3.8) is 0 Å². The van der Waals surface area contributed by atoms with Crippen molar-refractivity contribution in [2.24, 2.45) is 5.73 Å². The van der Waals surface area contributed by atoms with Crippen LogP contribution in [-0.4, -0.2) is 35.9 Å². The van der Waals surface area contributed by atoms with Crippen LogP contribution in [0.1, 0.15) is 47.2 Å². The first-order valence-electron chi connectivity index (χ1n) is 12.4. The lowest BCUT2D eigenvalue weighted by molar-refractivity contribution is -0.115. The largest absolute Gasteiger partial charge is 0.497 e. The van der Waals surface area contributed by atoms with Gasteiger partial charge in [0.15, 0.2) is 0 Å². The van der Waals surface area contributed by atoms with Crippen molar-refractivity contribution in [3.8, 4) is 5.75 Å². The third-order valence-corrected chi connectivity index (χ3v) is 6.67. The number of benzene rings is 3. The Labute approximate surface area is 215 Å². The molecule has 2 atom stereocenters. The van der Waals surface area contributed by atoms with Crippen molar-refractivity contribution < 1.29 is 23.1 Å². The molecule has 37 heavy (non-hydrogen) atoms. The van der Waals surface area contributed by atoms with E-state index in [0.717, 1.165) is 60.8 Å². The van der Waals surface area contributed by atoms with Gasteiger partial charge < -0.3 is 20.7 Å². The van der Waals surface area contributed by atoms with E-state index in [9.17, 15) is 18.4 Å². The van der Waals surface area contributed by atoms with Gasteiger partial charge in [0, 0.05) is 35.9 Å². The Morgan fingerprint density at radius 2 is 1.57 bits per heavy atom. The highest BCUT2D eigenvalue weighted by Gasteiger charge is 2.32. The van der Waals surface area contributed by atoms with Crippen LogP contribution in [0, 0.1) is 11.6 Å². The summed E-state index contributed by atoms with van der Waals surface area (Å²) in [6, 6.07) is 16.9. The molecule has 3 N–H and O–H groups in total. The SMILES string of the molecule is COc1ccc(CC(=O)Nc2ccc(CN(C(=O)c3cc(F)cc(F)c3)C3CCCCC3N)cc2)cc1. The van der Waals surface area contributed by atoms with Crippen LogP contribution >= 0.6 is 0 Å². The van der Waals surface area contributed by atoms with Crippen molar-refractivity contribution in [2.75, 3.05) is 12.4 Å². The van der Waals surface area contributed by atoms with Crippen LogP contribution in [-0.2, 0) is 17.8 Å². The molecule has 6 nitrogen and oxygen atoms in total. The fourth-order valence-electron chi connectivity index (χ4n) is 4.73. The molecule has 194 valence electrons. The van der Waals surface area contributed by atoms with E-state index in [4.69, 9.17) is 10.5 Å². The minimum absolute atomic E-state index is 0.0438. The molecule has 3 aromatic carbocycles. The van der Waals surface area contributed by atoms with Gasteiger partial charge in [0.25, 0.3) is 5.91 Å². The van der Waals surface area contributed by atoms with Gasteiger partial charge in [-0.05, 0) is 60.4 Å². The molecule has 1 aliphatic rings. The Balaban J connectivity index is 1.46. The third kappa shape index (κ3) is 6.92. The van der Waals surface area contributed by atoms with E-state index in [2.05, 4.69) is 5.32 Å². The molecule has 0 bridgehead atoms. The van der Waals surface area contributed by atoms with E-state index in [1.54, 1.807) is 36.3 Å². The summed E-state index contributed by atoms with van der Waals surface area (Å²) >= 11 is 0. The fraction of sp³-hybridized carbons (Fsp3) is 0.310. The molecule has 8 heteroatoms. The van der Waals surface area contributed by atoms with Gasteiger partial charge in [-0.3, -0.25) is 9.59 Å². The van der Waals surface area contributed by atoms with Gasteiger partial charge in [0.1, 0.15) is 17.4 Å². The number of carbonyl (C=O) groups is 2. The molecule has 0 aliphatic heterocycles. The van der Waals surface area contributed by atoms with Gasteiger partial charge in [0.2, 0.25) is 5.91 Å². The van der Waals surface area contributed by atoms with Gasteiger partial charge in [0.05, 0.1) is 13.5 Å². The molecule has 3 aromatic rings. The second kappa shape index (κ2) is 12.0. The number of halogens is 2. The molecule has 0 heterocycles. The summed E-state index contributed by atoms with van der Waals surface area (Å²) < 4.78 is 32.8. The molecule has 0 aromatic heterocycles. The summed E-state index contributed by atoms with van der Waals surface area (Å²) in [7, 11) is 1.59. The second-order valence-electron chi connectivity index (χ2n) is 9.38. The number of anilines is 1. The number of amides is 2. The predicted octanol–water partition coefficient (Wildman–Crippen LogP) is 5.07. The quantitative estimate of drug-likeness (QED) is 0.446. The highest BCUT2D eigenvalue weighted by molar-refractivity contribution is 5.94. The Morgan fingerprint density at radius 3 is 2.19 bits per heavy atom. The van der Waals surface area contributed by atoms with Gasteiger partial charge in [-0.15, -0.1) is 0 Å². The summed E-state index contributed by atoms with van der Waals surface area (Å²) in [4.78, 5) is 27.5. The van der Waals surface area contributed by atoms with Crippen LogP contribution < -0.4 is 15.8 Å². The molecule has 1 fully saturated rings. The van der Waals surface area contributed by atoms with E-state index in [1.807, 2.05) is 24.3 Å². The number of carbonyl (C=O) groups excluding carboxylic acids is 2. The molecular weight excluding hydrogens is 476 g/mol. The molecule has 1 saturated carbocycles. The summed E-state index contributed by atoms with van der Waals surface area (Å²) in [6.45, 7) is 0.232. The maximum absolute atomic E-state index is 13.8. The van der Waals surface area contributed by atoms with Crippen LogP contribution in [0.5, 0.6) is 5.75 Å². The van der Waals surface area contributed by atoms with Crippen LogP contribution in [0.2, 0.25) is 0 Å². The predicted molar refractivity (Wildman–Crippen MR) is 138 cm³/mol. The molecular formula is C29H31F2N3O3. The smallest absolute Gasteiger partial charge is 0.254 e. The molecule has 0 saturated heterocycles. The number of methoxy groups -OCH3 is 1. The Morgan fingerprint density at radius 1 is 0.946 bits per heavy atom. The Bertz CT molecular complexity index is 1210. The van der Waals surface area contributed by atoms with E-state index < -0.39 is 17.5 Å². The number of rotatable bonds is 8. The summed E-state index contributed by atoms with van der Waals surface area (Å²) in [5, 5.41) is 2.88. The lowest BCUT2D eigenvalue weighted by atomic mass is 9.89. The fourth-order valence-corrected chi connectivity index (χ4v) is 4.73. The maximum Gasteiger partial charge on any atom is 0.254 e. The third-order valence-electron chi connectivity index (χ3n) is 6.67. The molecule has 2 amide bonds. The number of hydrogen-bond donors (Lipinski definition) is 2. The number of ether oxygens (including phenoxy) is 1. The van der Waals surface area contributed by atoms with Crippen LogP contribution in [0.25, 0.3) is 0 Å². The standard InChI is InChI=1S/C29H31F2N3O3/c1-37-25-12-8-19(9-13-25)14-28(35)33-24-10-6-20(7-11-24)18-34(27-5-3-2-4-26(27)32)29(36)21-15-22(30)17-23(31)16-21/h6-13,15-17,26-27H,2-5,14,18,32H2,1H3,(H,33,35). The van der Waals surface area contributed by atoms with Gasteiger partial charge in [-0.25, -0.2) is 8.78 Å².